The fourth-order valence-corrected chi connectivity index (χ4v) is 2.22. The molecule has 25 heavy (non-hydrogen) atoms. The Morgan fingerprint density at radius 2 is 2.00 bits per heavy atom. The molecule has 0 saturated carbocycles. The number of nitrogens with one attached hydrogen (secondary N) is 2. The summed E-state index contributed by atoms with van der Waals surface area (Å²) in [5, 5.41) is 6.32. The SMILES string of the molecule is CCNC(=NCc1ccccc1OC(F)F)NCc1ncccc1C. The second-order valence-corrected chi connectivity index (χ2v) is 5.30. The first-order chi connectivity index (χ1) is 12.1. The smallest absolute Gasteiger partial charge is 0.387 e. The zero-order valence-electron chi connectivity index (χ0n) is 14.3. The van der Waals surface area contributed by atoms with E-state index in [-0.39, 0.29) is 12.3 Å². The molecule has 1 aromatic heterocycles. The second kappa shape index (κ2) is 9.56. The third kappa shape index (κ3) is 6.02. The predicted molar refractivity (Wildman–Crippen MR) is 93.7 cm³/mol. The van der Waals surface area contributed by atoms with Gasteiger partial charge in [-0.05, 0) is 31.5 Å². The van der Waals surface area contributed by atoms with Gasteiger partial charge >= 0.3 is 6.61 Å². The van der Waals surface area contributed by atoms with Crippen LogP contribution in [0.2, 0.25) is 0 Å². The molecule has 2 rings (SSSR count). The largest absolute Gasteiger partial charge is 0.434 e. The quantitative estimate of drug-likeness (QED) is 0.596. The zero-order valence-corrected chi connectivity index (χ0v) is 14.3. The summed E-state index contributed by atoms with van der Waals surface area (Å²) in [5.41, 5.74) is 2.60. The molecule has 134 valence electrons. The minimum absolute atomic E-state index is 0.137. The maximum atomic E-state index is 12.5. The molecule has 0 amide bonds. The van der Waals surface area contributed by atoms with Gasteiger partial charge in [0.2, 0.25) is 0 Å². The molecular formula is C18H22F2N4O. The van der Waals surface area contributed by atoms with Crippen LogP contribution in [0.15, 0.2) is 47.6 Å². The molecule has 1 aromatic carbocycles. The minimum Gasteiger partial charge on any atom is -0.434 e. The number of hydrogen-bond donors (Lipinski definition) is 2. The molecule has 2 aromatic rings. The number of ether oxygens (including phenoxy) is 1. The van der Waals surface area contributed by atoms with E-state index in [2.05, 4.69) is 25.3 Å². The fraction of sp³-hybridized carbons (Fsp3) is 0.333. The molecule has 0 saturated heterocycles. The first kappa shape index (κ1) is 18.6. The average Bonchev–Trinajstić information content (AvgIpc) is 2.59. The number of halogens is 2. The van der Waals surface area contributed by atoms with E-state index >= 15 is 0 Å². The van der Waals surface area contributed by atoms with Gasteiger partial charge in [0.1, 0.15) is 5.75 Å². The van der Waals surface area contributed by atoms with Crippen LogP contribution in [0.5, 0.6) is 5.75 Å². The van der Waals surface area contributed by atoms with Gasteiger partial charge in [-0.15, -0.1) is 0 Å². The highest BCUT2D eigenvalue weighted by atomic mass is 19.3. The van der Waals surface area contributed by atoms with Gasteiger partial charge in [-0.1, -0.05) is 24.3 Å². The minimum atomic E-state index is -2.86. The molecule has 0 radical (unpaired) electrons. The molecule has 0 aliphatic heterocycles. The van der Waals surface area contributed by atoms with E-state index in [9.17, 15) is 8.78 Å². The van der Waals surface area contributed by atoms with E-state index in [0.29, 0.717) is 24.6 Å². The fourth-order valence-electron chi connectivity index (χ4n) is 2.22. The Labute approximate surface area is 146 Å². The molecule has 0 atom stereocenters. The molecule has 7 heteroatoms. The second-order valence-electron chi connectivity index (χ2n) is 5.30. The van der Waals surface area contributed by atoms with Crippen molar-refractivity contribution in [2.75, 3.05) is 6.54 Å². The van der Waals surface area contributed by atoms with Crippen LogP contribution in [0.25, 0.3) is 0 Å². The van der Waals surface area contributed by atoms with Crippen LogP contribution < -0.4 is 15.4 Å². The number of aryl methyl sites for hydroxylation is 1. The molecule has 0 unspecified atom stereocenters. The molecule has 0 bridgehead atoms. The van der Waals surface area contributed by atoms with E-state index in [1.165, 1.54) is 6.07 Å². The number of guanidine groups is 1. The van der Waals surface area contributed by atoms with Crippen LogP contribution in [-0.2, 0) is 13.1 Å². The zero-order chi connectivity index (χ0) is 18.1. The Bertz CT molecular complexity index is 707. The Morgan fingerprint density at radius 1 is 1.20 bits per heavy atom. The number of alkyl halides is 2. The van der Waals surface area contributed by atoms with Gasteiger partial charge in [0.25, 0.3) is 0 Å². The van der Waals surface area contributed by atoms with Crippen molar-refractivity contribution in [1.82, 2.24) is 15.6 Å². The van der Waals surface area contributed by atoms with Gasteiger partial charge in [0.05, 0.1) is 18.8 Å². The lowest BCUT2D eigenvalue weighted by Crippen LogP contribution is -2.37. The molecular weight excluding hydrogens is 326 g/mol. The van der Waals surface area contributed by atoms with Gasteiger partial charge in [-0.3, -0.25) is 4.98 Å². The van der Waals surface area contributed by atoms with E-state index in [1.54, 1.807) is 24.4 Å². The highest BCUT2D eigenvalue weighted by molar-refractivity contribution is 5.79. The van der Waals surface area contributed by atoms with Gasteiger partial charge in [0.15, 0.2) is 5.96 Å². The number of hydrogen-bond acceptors (Lipinski definition) is 3. The van der Waals surface area contributed by atoms with Crippen LogP contribution in [0.4, 0.5) is 8.78 Å². The van der Waals surface area contributed by atoms with Crippen molar-refractivity contribution in [3.8, 4) is 5.75 Å². The van der Waals surface area contributed by atoms with E-state index in [0.717, 1.165) is 11.3 Å². The number of aliphatic imine (C=N–C) groups is 1. The van der Waals surface area contributed by atoms with Gasteiger partial charge in [-0.25, -0.2) is 4.99 Å². The molecule has 5 nitrogen and oxygen atoms in total. The topological polar surface area (TPSA) is 58.5 Å². The van der Waals surface area contributed by atoms with Crippen LogP contribution in [-0.4, -0.2) is 24.1 Å². The van der Waals surface area contributed by atoms with Crippen molar-refractivity contribution >= 4 is 5.96 Å². The summed E-state index contributed by atoms with van der Waals surface area (Å²) in [7, 11) is 0. The molecule has 0 spiro atoms. The van der Waals surface area contributed by atoms with Gasteiger partial charge in [-0.2, -0.15) is 8.78 Å². The number of aromatic nitrogens is 1. The lowest BCUT2D eigenvalue weighted by Gasteiger charge is -2.13. The molecule has 0 aliphatic carbocycles. The average molecular weight is 348 g/mol. The van der Waals surface area contributed by atoms with Gasteiger partial charge < -0.3 is 15.4 Å². The van der Waals surface area contributed by atoms with Crippen molar-refractivity contribution in [2.24, 2.45) is 4.99 Å². The summed E-state index contributed by atoms with van der Waals surface area (Å²) in [6.45, 7) is 2.52. The first-order valence-corrected chi connectivity index (χ1v) is 8.05. The van der Waals surface area contributed by atoms with Gasteiger partial charge in [0, 0.05) is 18.3 Å². The molecule has 0 fully saturated rings. The standard InChI is InChI=1S/C18H22F2N4O/c1-3-21-18(24-12-15-13(2)7-6-10-22-15)23-11-14-8-4-5-9-16(14)25-17(19)20/h4-10,17H,3,11-12H2,1-2H3,(H2,21,23,24). The molecule has 2 N–H and O–H groups in total. The Morgan fingerprint density at radius 3 is 2.72 bits per heavy atom. The Balaban J connectivity index is 2.06. The number of pyridine rings is 1. The van der Waals surface area contributed by atoms with E-state index < -0.39 is 6.61 Å². The third-order valence-corrected chi connectivity index (χ3v) is 3.48. The van der Waals surface area contributed by atoms with Crippen molar-refractivity contribution in [3.05, 3.63) is 59.4 Å². The summed E-state index contributed by atoms with van der Waals surface area (Å²) in [6, 6.07) is 10.5. The maximum absolute atomic E-state index is 12.5. The monoisotopic (exact) mass is 348 g/mol. The number of benzene rings is 1. The summed E-state index contributed by atoms with van der Waals surface area (Å²) in [5.74, 6) is 0.720. The number of rotatable bonds is 7. The normalized spacial score (nSPS) is 11.5. The van der Waals surface area contributed by atoms with Crippen LogP contribution in [0, 0.1) is 6.92 Å². The highest BCUT2D eigenvalue weighted by Gasteiger charge is 2.09. The summed E-state index contributed by atoms with van der Waals surface area (Å²) in [4.78, 5) is 8.76. The summed E-state index contributed by atoms with van der Waals surface area (Å²) in [6.07, 6.45) is 1.74. The molecule has 0 aliphatic rings. The highest BCUT2D eigenvalue weighted by Crippen LogP contribution is 2.20. The van der Waals surface area contributed by atoms with Crippen molar-refractivity contribution in [3.63, 3.8) is 0 Å². The Kier molecular flexibility index (Phi) is 7.13. The van der Waals surface area contributed by atoms with Crippen LogP contribution >= 0.6 is 0 Å². The number of nitrogens with zero attached hydrogens (tertiary/aromatic N) is 2. The Hall–Kier alpha value is -2.70. The van der Waals surface area contributed by atoms with E-state index in [4.69, 9.17) is 0 Å². The van der Waals surface area contributed by atoms with Crippen LogP contribution in [0.3, 0.4) is 0 Å². The first-order valence-electron chi connectivity index (χ1n) is 8.05. The lowest BCUT2D eigenvalue weighted by molar-refractivity contribution is -0.0504. The predicted octanol–water partition coefficient (Wildman–Crippen LogP) is 3.25. The van der Waals surface area contributed by atoms with Crippen molar-refractivity contribution < 1.29 is 13.5 Å². The van der Waals surface area contributed by atoms with Crippen molar-refractivity contribution in [2.45, 2.75) is 33.5 Å². The third-order valence-electron chi connectivity index (χ3n) is 3.48. The van der Waals surface area contributed by atoms with E-state index in [1.807, 2.05) is 26.0 Å². The maximum Gasteiger partial charge on any atom is 0.387 e. The number of para-hydroxylation sites is 1. The summed E-state index contributed by atoms with van der Waals surface area (Å²) < 4.78 is 29.5. The lowest BCUT2D eigenvalue weighted by atomic mass is 10.2. The van der Waals surface area contributed by atoms with Crippen molar-refractivity contribution in [1.29, 1.82) is 0 Å². The summed E-state index contributed by atoms with van der Waals surface area (Å²) >= 11 is 0. The molecule has 1 heterocycles. The van der Waals surface area contributed by atoms with Crippen LogP contribution in [0.1, 0.15) is 23.7 Å².